The van der Waals surface area contributed by atoms with Gasteiger partial charge < -0.3 is 10.1 Å². The summed E-state index contributed by atoms with van der Waals surface area (Å²) < 4.78 is 19.1. The molecule has 16 heavy (non-hydrogen) atoms. The number of halogens is 2. The molecule has 1 aromatic rings. The molecule has 0 spiro atoms. The first-order valence-electron chi connectivity index (χ1n) is 5.09. The van der Waals surface area contributed by atoms with Crippen LogP contribution in [0.2, 0.25) is 5.02 Å². The molecule has 0 amide bonds. The van der Waals surface area contributed by atoms with Gasteiger partial charge in [-0.2, -0.15) is 0 Å². The molecule has 1 unspecified atom stereocenters. The van der Waals surface area contributed by atoms with E-state index in [9.17, 15) is 4.39 Å². The molecule has 90 valence electrons. The summed E-state index contributed by atoms with van der Waals surface area (Å²) in [4.78, 5) is 0. The first-order valence-corrected chi connectivity index (χ1v) is 5.47. The summed E-state index contributed by atoms with van der Waals surface area (Å²) in [6.45, 7) is 3.81. The van der Waals surface area contributed by atoms with Gasteiger partial charge in [0.2, 0.25) is 0 Å². The fraction of sp³-hybridized carbons (Fsp3) is 0.500. The minimum Gasteiger partial charge on any atom is -0.377 e. The SMILES string of the molecule is CNC(c1ccc(Cl)cc1F)C(C)(C)OC. The zero-order valence-corrected chi connectivity index (χ0v) is 10.7. The van der Waals surface area contributed by atoms with E-state index in [0.29, 0.717) is 10.6 Å². The summed E-state index contributed by atoms with van der Waals surface area (Å²) in [5, 5.41) is 3.46. The van der Waals surface area contributed by atoms with Crippen molar-refractivity contribution in [3.63, 3.8) is 0 Å². The lowest BCUT2D eigenvalue weighted by Gasteiger charge is -2.33. The predicted octanol–water partition coefficient (Wildman–Crippen LogP) is 3.16. The molecule has 0 radical (unpaired) electrons. The highest BCUT2D eigenvalue weighted by Crippen LogP contribution is 2.30. The summed E-state index contributed by atoms with van der Waals surface area (Å²) in [7, 11) is 3.39. The van der Waals surface area contributed by atoms with Crippen LogP contribution in [0.1, 0.15) is 25.5 Å². The third kappa shape index (κ3) is 2.73. The lowest BCUT2D eigenvalue weighted by atomic mass is 9.91. The highest BCUT2D eigenvalue weighted by molar-refractivity contribution is 6.30. The second-order valence-electron chi connectivity index (χ2n) is 4.20. The second-order valence-corrected chi connectivity index (χ2v) is 4.63. The zero-order valence-electron chi connectivity index (χ0n) is 9.97. The Morgan fingerprint density at radius 2 is 2.06 bits per heavy atom. The molecule has 1 rings (SSSR count). The van der Waals surface area contributed by atoms with Crippen molar-refractivity contribution in [2.24, 2.45) is 0 Å². The van der Waals surface area contributed by atoms with Crippen molar-refractivity contribution < 1.29 is 9.13 Å². The number of ether oxygens (including phenoxy) is 1. The van der Waals surface area contributed by atoms with Crippen LogP contribution in [0, 0.1) is 5.82 Å². The molecule has 0 aliphatic rings. The van der Waals surface area contributed by atoms with Crippen LogP contribution in [0.5, 0.6) is 0 Å². The lowest BCUT2D eigenvalue weighted by molar-refractivity contribution is -0.00991. The fourth-order valence-electron chi connectivity index (χ4n) is 1.73. The third-order valence-electron chi connectivity index (χ3n) is 2.78. The van der Waals surface area contributed by atoms with Crippen LogP contribution in [-0.2, 0) is 4.74 Å². The van der Waals surface area contributed by atoms with Crippen molar-refractivity contribution in [3.05, 3.63) is 34.6 Å². The van der Waals surface area contributed by atoms with E-state index in [0.717, 1.165) is 0 Å². The van der Waals surface area contributed by atoms with E-state index in [4.69, 9.17) is 16.3 Å². The number of benzene rings is 1. The van der Waals surface area contributed by atoms with Gasteiger partial charge in [0.05, 0.1) is 11.6 Å². The van der Waals surface area contributed by atoms with Gasteiger partial charge in [-0.05, 0) is 33.0 Å². The first-order chi connectivity index (χ1) is 7.42. The molecule has 1 aromatic carbocycles. The van der Waals surface area contributed by atoms with E-state index in [2.05, 4.69) is 5.32 Å². The van der Waals surface area contributed by atoms with Crippen LogP contribution in [0.3, 0.4) is 0 Å². The number of rotatable bonds is 4. The minimum absolute atomic E-state index is 0.227. The predicted molar refractivity (Wildman–Crippen MR) is 64.3 cm³/mol. The smallest absolute Gasteiger partial charge is 0.129 e. The Labute approximate surface area is 101 Å². The highest BCUT2D eigenvalue weighted by atomic mass is 35.5. The van der Waals surface area contributed by atoms with Crippen molar-refractivity contribution >= 4 is 11.6 Å². The Morgan fingerprint density at radius 1 is 1.44 bits per heavy atom. The lowest BCUT2D eigenvalue weighted by Crippen LogP contribution is -2.39. The summed E-state index contributed by atoms with van der Waals surface area (Å²) in [5.74, 6) is -0.322. The van der Waals surface area contributed by atoms with Crippen molar-refractivity contribution in [1.29, 1.82) is 0 Å². The molecular weight excluding hydrogens is 229 g/mol. The molecule has 0 aliphatic carbocycles. The number of hydrogen-bond donors (Lipinski definition) is 1. The van der Waals surface area contributed by atoms with Gasteiger partial charge in [-0.3, -0.25) is 0 Å². The monoisotopic (exact) mass is 245 g/mol. The maximum Gasteiger partial charge on any atom is 0.129 e. The Morgan fingerprint density at radius 3 is 2.50 bits per heavy atom. The Hall–Kier alpha value is -0.640. The van der Waals surface area contributed by atoms with Gasteiger partial charge in [0, 0.05) is 17.7 Å². The molecule has 0 aromatic heterocycles. The molecule has 4 heteroatoms. The van der Waals surface area contributed by atoms with E-state index in [1.807, 2.05) is 13.8 Å². The Bertz CT molecular complexity index is 368. The molecule has 0 aliphatic heterocycles. The van der Waals surface area contributed by atoms with Crippen LogP contribution < -0.4 is 5.32 Å². The molecule has 0 bridgehead atoms. The summed E-state index contributed by atoms with van der Waals surface area (Å²) in [6.07, 6.45) is 0. The van der Waals surface area contributed by atoms with Crippen molar-refractivity contribution in [2.75, 3.05) is 14.2 Å². The Kier molecular flexibility index (Phi) is 4.30. The number of methoxy groups -OCH3 is 1. The molecule has 0 saturated carbocycles. The minimum atomic E-state index is -0.497. The van der Waals surface area contributed by atoms with Crippen LogP contribution in [0.15, 0.2) is 18.2 Å². The number of likely N-dealkylation sites (N-methyl/N-ethyl adjacent to an activating group) is 1. The standard InChI is InChI=1S/C12H17ClFNO/c1-12(2,16-4)11(15-3)9-6-5-8(13)7-10(9)14/h5-7,11,15H,1-4H3. The van der Waals surface area contributed by atoms with Gasteiger partial charge in [-0.25, -0.2) is 4.39 Å². The summed E-state index contributed by atoms with van der Waals surface area (Å²) >= 11 is 5.72. The van der Waals surface area contributed by atoms with Gasteiger partial charge in [0.1, 0.15) is 5.82 Å². The molecule has 0 fully saturated rings. The molecule has 0 heterocycles. The van der Waals surface area contributed by atoms with E-state index in [-0.39, 0.29) is 11.9 Å². The van der Waals surface area contributed by atoms with Gasteiger partial charge >= 0.3 is 0 Å². The molecule has 2 nitrogen and oxygen atoms in total. The number of nitrogens with one attached hydrogen (secondary N) is 1. The van der Waals surface area contributed by atoms with E-state index >= 15 is 0 Å². The average Bonchev–Trinajstić information content (AvgIpc) is 2.22. The summed E-state index contributed by atoms with van der Waals surface area (Å²) in [5.41, 5.74) is 0.0578. The summed E-state index contributed by atoms with van der Waals surface area (Å²) in [6, 6.07) is 4.44. The zero-order chi connectivity index (χ0) is 12.3. The van der Waals surface area contributed by atoms with Gasteiger partial charge in [0.15, 0.2) is 0 Å². The van der Waals surface area contributed by atoms with Gasteiger partial charge in [-0.15, -0.1) is 0 Å². The van der Waals surface area contributed by atoms with E-state index < -0.39 is 5.60 Å². The normalized spacial score (nSPS) is 13.9. The largest absolute Gasteiger partial charge is 0.377 e. The van der Waals surface area contributed by atoms with Crippen molar-refractivity contribution in [3.8, 4) is 0 Å². The number of hydrogen-bond acceptors (Lipinski definition) is 2. The van der Waals surface area contributed by atoms with Crippen LogP contribution >= 0.6 is 11.6 Å². The topological polar surface area (TPSA) is 21.3 Å². The van der Waals surface area contributed by atoms with E-state index in [1.165, 1.54) is 6.07 Å². The highest BCUT2D eigenvalue weighted by Gasteiger charge is 2.31. The quantitative estimate of drug-likeness (QED) is 0.880. The van der Waals surface area contributed by atoms with Gasteiger partial charge in [-0.1, -0.05) is 17.7 Å². The fourth-order valence-corrected chi connectivity index (χ4v) is 1.89. The van der Waals surface area contributed by atoms with Crippen LogP contribution in [0.4, 0.5) is 4.39 Å². The van der Waals surface area contributed by atoms with Crippen molar-refractivity contribution in [1.82, 2.24) is 5.32 Å². The van der Waals surface area contributed by atoms with Crippen LogP contribution in [-0.4, -0.2) is 19.8 Å². The molecule has 1 atom stereocenters. The first kappa shape index (κ1) is 13.4. The Balaban J connectivity index is 3.14. The molecule has 1 N–H and O–H groups in total. The van der Waals surface area contributed by atoms with Gasteiger partial charge in [0.25, 0.3) is 0 Å². The average molecular weight is 246 g/mol. The van der Waals surface area contributed by atoms with Crippen molar-refractivity contribution in [2.45, 2.75) is 25.5 Å². The molecular formula is C12H17ClFNO. The molecule has 0 saturated heterocycles. The maximum absolute atomic E-state index is 13.8. The third-order valence-corrected chi connectivity index (χ3v) is 3.02. The van der Waals surface area contributed by atoms with Crippen LogP contribution in [0.25, 0.3) is 0 Å². The maximum atomic E-state index is 13.8. The van der Waals surface area contributed by atoms with E-state index in [1.54, 1.807) is 26.3 Å². The second kappa shape index (κ2) is 5.13.